The van der Waals surface area contributed by atoms with Crippen LogP contribution >= 0.6 is 57.4 Å². The molecule has 4 nitrogen and oxygen atoms in total. The molecular weight excluding hydrogens is 445 g/mol. The van der Waals surface area contributed by atoms with Crippen LogP contribution in [0.25, 0.3) is 10.9 Å². The van der Waals surface area contributed by atoms with Crippen LogP contribution in [-0.2, 0) is 3.79 Å². The van der Waals surface area contributed by atoms with Crippen LogP contribution in [0, 0.1) is 3.57 Å². The molecule has 0 fully saturated rings. The lowest BCUT2D eigenvalue weighted by Gasteiger charge is -2.16. The van der Waals surface area contributed by atoms with E-state index in [9.17, 15) is 0 Å². The van der Waals surface area contributed by atoms with Crippen molar-refractivity contribution in [3.05, 3.63) is 27.6 Å². The van der Waals surface area contributed by atoms with Crippen molar-refractivity contribution in [1.82, 2.24) is 14.9 Å². The van der Waals surface area contributed by atoms with E-state index in [1.165, 1.54) is 0 Å². The summed E-state index contributed by atoms with van der Waals surface area (Å²) in [6.45, 7) is 1.61. The number of benzene rings is 1. The minimum Gasteiger partial charge on any atom is -0.368 e. The molecule has 0 radical (unpaired) electrons. The molecule has 0 amide bonds. The fourth-order valence-electron chi connectivity index (χ4n) is 1.76. The van der Waals surface area contributed by atoms with Crippen molar-refractivity contribution in [2.45, 2.75) is 3.79 Å². The molecule has 2 rings (SSSR count). The molecule has 0 unspecified atom stereocenters. The van der Waals surface area contributed by atoms with Crippen LogP contribution in [0.3, 0.4) is 0 Å². The fourth-order valence-corrected chi connectivity index (χ4v) is 2.50. The van der Waals surface area contributed by atoms with E-state index in [-0.39, 0.29) is 5.82 Å². The zero-order valence-corrected chi connectivity index (χ0v) is 15.9. The average Bonchev–Trinajstić information content (AvgIpc) is 2.37. The molecule has 0 aliphatic heterocycles. The van der Waals surface area contributed by atoms with Crippen molar-refractivity contribution in [2.24, 2.45) is 0 Å². The minimum absolute atomic E-state index is 0.175. The number of likely N-dealkylation sites (N-methyl/N-ethyl adjacent to an activating group) is 1. The second-order valence-corrected chi connectivity index (χ2v) is 8.31. The Morgan fingerprint density at radius 3 is 2.57 bits per heavy atom. The quantitative estimate of drug-likeness (QED) is 0.554. The molecule has 1 heterocycles. The monoisotopic (exact) mass is 458 g/mol. The number of fused-ring (bicyclic) bond motifs is 1. The summed E-state index contributed by atoms with van der Waals surface area (Å²) in [7, 11) is 4.02. The predicted molar refractivity (Wildman–Crippen MR) is 98.5 cm³/mol. The molecule has 2 aromatic rings. The highest BCUT2D eigenvalue weighted by Crippen LogP contribution is 2.37. The van der Waals surface area contributed by atoms with Gasteiger partial charge < -0.3 is 10.2 Å². The average molecular weight is 460 g/mol. The number of anilines is 1. The largest absolute Gasteiger partial charge is 0.368 e. The van der Waals surface area contributed by atoms with E-state index in [2.05, 4.69) is 42.8 Å². The molecule has 0 bridgehead atoms. The van der Waals surface area contributed by atoms with Crippen molar-refractivity contribution in [1.29, 1.82) is 0 Å². The van der Waals surface area contributed by atoms with E-state index < -0.39 is 3.79 Å². The molecule has 8 heteroatoms. The van der Waals surface area contributed by atoms with Gasteiger partial charge in [-0.15, -0.1) is 0 Å². The van der Waals surface area contributed by atoms with Crippen molar-refractivity contribution < 1.29 is 0 Å². The lowest BCUT2D eigenvalue weighted by molar-refractivity contribution is 0.425. The Morgan fingerprint density at radius 2 is 1.95 bits per heavy atom. The second-order valence-electron chi connectivity index (χ2n) is 4.79. The number of halogens is 4. The molecule has 0 saturated heterocycles. The van der Waals surface area contributed by atoms with Crippen LogP contribution in [0.1, 0.15) is 5.82 Å². The highest BCUT2D eigenvalue weighted by Gasteiger charge is 2.28. The summed E-state index contributed by atoms with van der Waals surface area (Å²) in [5.74, 6) is 0.857. The van der Waals surface area contributed by atoms with E-state index >= 15 is 0 Å². The minimum atomic E-state index is -1.64. The molecule has 0 atom stereocenters. The van der Waals surface area contributed by atoms with Crippen LogP contribution in [0.4, 0.5) is 5.82 Å². The second kappa shape index (κ2) is 7.00. The molecule has 0 spiro atoms. The third-order valence-corrected chi connectivity index (χ3v) is 3.94. The van der Waals surface area contributed by atoms with Gasteiger partial charge in [0.15, 0.2) is 5.82 Å². The number of nitrogens with zero attached hydrogens (tertiary/aromatic N) is 3. The molecule has 21 heavy (non-hydrogen) atoms. The number of aromatic nitrogens is 2. The third-order valence-electron chi connectivity index (χ3n) is 2.76. The smallest absolute Gasteiger partial charge is 0.250 e. The summed E-state index contributed by atoms with van der Waals surface area (Å²) < 4.78 is -0.546. The van der Waals surface area contributed by atoms with Crippen LogP contribution in [-0.4, -0.2) is 42.1 Å². The first kappa shape index (κ1) is 17.3. The van der Waals surface area contributed by atoms with E-state index in [1.54, 1.807) is 0 Å². The third kappa shape index (κ3) is 4.69. The number of hydrogen-bond donors (Lipinski definition) is 1. The number of nitrogens with one attached hydrogen (secondary N) is 1. The van der Waals surface area contributed by atoms with Gasteiger partial charge in [-0.1, -0.05) is 34.8 Å². The lowest BCUT2D eigenvalue weighted by atomic mass is 10.2. The maximum Gasteiger partial charge on any atom is 0.250 e. The Bertz CT molecular complexity index is 643. The van der Waals surface area contributed by atoms with E-state index in [0.29, 0.717) is 5.82 Å². The lowest BCUT2D eigenvalue weighted by Crippen LogP contribution is -2.22. The van der Waals surface area contributed by atoms with Crippen LogP contribution < -0.4 is 5.32 Å². The topological polar surface area (TPSA) is 41.0 Å². The van der Waals surface area contributed by atoms with Gasteiger partial charge in [0.05, 0.1) is 5.52 Å². The SMILES string of the molecule is CN(C)CCNc1nc(C(Cl)(Cl)Cl)nc2ccc(I)cc12. The van der Waals surface area contributed by atoms with Crippen LogP contribution in [0.15, 0.2) is 18.2 Å². The van der Waals surface area contributed by atoms with Gasteiger partial charge in [-0.25, -0.2) is 9.97 Å². The van der Waals surface area contributed by atoms with Gasteiger partial charge in [-0.2, -0.15) is 0 Å². The summed E-state index contributed by atoms with van der Waals surface area (Å²) in [6.07, 6.45) is 0. The van der Waals surface area contributed by atoms with Gasteiger partial charge in [-0.05, 0) is 54.9 Å². The molecule has 1 aromatic carbocycles. The number of hydrogen-bond acceptors (Lipinski definition) is 4. The first-order chi connectivity index (χ1) is 9.77. The van der Waals surface area contributed by atoms with E-state index in [1.807, 2.05) is 32.3 Å². The summed E-state index contributed by atoms with van der Waals surface area (Å²) in [4.78, 5) is 10.8. The molecule has 1 aromatic heterocycles. The fraction of sp³-hybridized carbons (Fsp3) is 0.385. The summed E-state index contributed by atoms with van der Waals surface area (Å²) in [5.41, 5.74) is 0.749. The van der Waals surface area contributed by atoms with E-state index in [0.717, 1.165) is 27.6 Å². The molecule has 0 aliphatic carbocycles. The zero-order valence-electron chi connectivity index (χ0n) is 11.5. The maximum atomic E-state index is 5.92. The predicted octanol–water partition coefficient (Wildman–Crippen LogP) is 4.03. The molecule has 0 saturated carbocycles. The standard InChI is InChI=1S/C13H14Cl3IN4/c1-21(2)6-5-18-11-9-7-8(17)3-4-10(9)19-12(20-11)13(14,15)16/h3-4,7H,5-6H2,1-2H3,(H,18,19,20). The molecule has 0 aliphatic rings. The number of alkyl halides is 3. The molecule has 114 valence electrons. The first-order valence-electron chi connectivity index (χ1n) is 6.20. The van der Waals surface area contributed by atoms with Crippen molar-refractivity contribution in [3.8, 4) is 0 Å². The van der Waals surface area contributed by atoms with Crippen molar-refractivity contribution in [3.63, 3.8) is 0 Å². The Labute approximate surface area is 152 Å². The van der Waals surface area contributed by atoms with Crippen molar-refractivity contribution in [2.75, 3.05) is 32.5 Å². The summed E-state index contributed by atoms with van der Waals surface area (Å²) in [5, 5.41) is 4.20. The van der Waals surface area contributed by atoms with Gasteiger partial charge in [0.25, 0.3) is 0 Å². The zero-order chi connectivity index (χ0) is 15.6. The van der Waals surface area contributed by atoms with Gasteiger partial charge in [-0.3, -0.25) is 0 Å². The maximum absolute atomic E-state index is 5.92. The van der Waals surface area contributed by atoms with Gasteiger partial charge >= 0.3 is 0 Å². The van der Waals surface area contributed by atoms with Crippen molar-refractivity contribution >= 4 is 74.1 Å². The first-order valence-corrected chi connectivity index (χ1v) is 8.42. The highest BCUT2D eigenvalue weighted by atomic mass is 127. The summed E-state index contributed by atoms with van der Waals surface area (Å²) >= 11 is 20.0. The van der Waals surface area contributed by atoms with E-state index in [4.69, 9.17) is 34.8 Å². The highest BCUT2D eigenvalue weighted by molar-refractivity contribution is 14.1. The van der Waals surface area contributed by atoms with Gasteiger partial charge in [0, 0.05) is 22.0 Å². The van der Waals surface area contributed by atoms with Crippen LogP contribution in [0.5, 0.6) is 0 Å². The molecule has 1 N–H and O–H groups in total. The Kier molecular flexibility index (Phi) is 5.76. The Hall–Kier alpha value is -0.0800. The molecular formula is C13H14Cl3IN4. The summed E-state index contributed by atoms with van der Waals surface area (Å²) in [6, 6.07) is 5.87. The van der Waals surface area contributed by atoms with Gasteiger partial charge in [0.2, 0.25) is 3.79 Å². The van der Waals surface area contributed by atoms with Crippen LogP contribution in [0.2, 0.25) is 0 Å². The number of rotatable bonds is 4. The van der Waals surface area contributed by atoms with Gasteiger partial charge in [0.1, 0.15) is 5.82 Å². The Balaban J connectivity index is 2.45. The normalized spacial score (nSPS) is 12.1. The Morgan fingerprint density at radius 1 is 1.24 bits per heavy atom.